The van der Waals surface area contributed by atoms with Gasteiger partial charge in [0.25, 0.3) is 5.69 Å². The van der Waals surface area contributed by atoms with E-state index in [1.165, 1.54) is 0 Å². The number of hydrogen-bond acceptors (Lipinski definition) is 5. The Labute approximate surface area is 119 Å². The van der Waals surface area contributed by atoms with Crippen LogP contribution < -0.4 is 0 Å². The van der Waals surface area contributed by atoms with Crippen molar-refractivity contribution in [2.24, 2.45) is 0 Å². The van der Waals surface area contributed by atoms with E-state index in [0.29, 0.717) is 25.0 Å². The third-order valence-corrected chi connectivity index (χ3v) is 3.39. The molecule has 0 atom stereocenters. The summed E-state index contributed by atoms with van der Waals surface area (Å²) in [6, 6.07) is 0.894. The lowest BCUT2D eigenvalue weighted by Crippen LogP contribution is -2.35. The van der Waals surface area contributed by atoms with E-state index in [0.717, 1.165) is 13.1 Å². The topological polar surface area (TPSA) is 72.7 Å². The van der Waals surface area contributed by atoms with Crippen molar-refractivity contribution in [2.45, 2.75) is 18.9 Å². The van der Waals surface area contributed by atoms with Gasteiger partial charge < -0.3 is 9.64 Å². The van der Waals surface area contributed by atoms with Crippen molar-refractivity contribution in [2.75, 3.05) is 20.1 Å². The molecule has 0 bridgehead atoms. The molecule has 1 saturated heterocycles. The Hall–Kier alpha value is -2.09. The molecule has 0 unspecified atom stereocenters. The van der Waals surface area contributed by atoms with Crippen molar-refractivity contribution in [3.8, 4) is 0 Å². The van der Waals surface area contributed by atoms with Crippen LogP contribution in [0.1, 0.15) is 23.2 Å². The van der Waals surface area contributed by atoms with Crippen LogP contribution in [0.25, 0.3) is 0 Å². The van der Waals surface area contributed by atoms with Crippen LogP contribution in [-0.4, -0.2) is 42.0 Å². The molecule has 1 aromatic carbocycles. The van der Waals surface area contributed by atoms with Crippen molar-refractivity contribution < 1.29 is 23.2 Å². The van der Waals surface area contributed by atoms with Gasteiger partial charge in [0.05, 0.1) is 11.0 Å². The van der Waals surface area contributed by atoms with Gasteiger partial charge in [-0.15, -0.1) is 0 Å². The summed E-state index contributed by atoms with van der Waals surface area (Å²) in [4.78, 5) is 23.9. The molecule has 1 aliphatic heterocycles. The molecule has 0 saturated carbocycles. The van der Waals surface area contributed by atoms with Gasteiger partial charge >= 0.3 is 5.97 Å². The third kappa shape index (κ3) is 3.52. The van der Waals surface area contributed by atoms with Gasteiger partial charge in [-0.2, -0.15) is 0 Å². The minimum atomic E-state index is -1.38. The average molecular weight is 300 g/mol. The highest BCUT2D eigenvalue weighted by Gasteiger charge is 2.28. The van der Waals surface area contributed by atoms with Crippen LogP contribution in [0.5, 0.6) is 0 Å². The lowest BCUT2D eigenvalue weighted by Gasteiger charge is -2.28. The SMILES string of the molecule is CN1CCC(OC(=O)c2cc(F)c(F)cc2[N+](=O)[O-])CC1. The first-order valence-corrected chi connectivity index (χ1v) is 6.41. The first kappa shape index (κ1) is 15.3. The lowest BCUT2D eigenvalue weighted by molar-refractivity contribution is -0.385. The zero-order chi connectivity index (χ0) is 15.6. The highest BCUT2D eigenvalue weighted by Crippen LogP contribution is 2.24. The fourth-order valence-corrected chi connectivity index (χ4v) is 2.17. The number of piperidine rings is 1. The molecule has 6 nitrogen and oxygen atoms in total. The number of halogens is 2. The maximum absolute atomic E-state index is 13.2. The van der Waals surface area contributed by atoms with E-state index in [1.54, 1.807) is 0 Å². The highest BCUT2D eigenvalue weighted by molar-refractivity contribution is 5.94. The van der Waals surface area contributed by atoms with Crippen molar-refractivity contribution >= 4 is 11.7 Å². The first-order valence-electron chi connectivity index (χ1n) is 6.41. The van der Waals surface area contributed by atoms with Gasteiger partial charge in [0.15, 0.2) is 11.6 Å². The van der Waals surface area contributed by atoms with Crippen LogP contribution in [0.2, 0.25) is 0 Å². The molecule has 0 amide bonds. The summed E-state index contributed by atoms with van der Waals surface area (Å²) in [5.74, 6) is -3.70. The first-order chi connectivity index (χ1) is 9.88. The number of ether oxygens (including phenoxy) is 1. The van der Waals surface area contributed by atoms with E-state index in [9.17, 15) is 23.7 Å². The molecule has 0 spiro atoms. The summed E-state index contributed by atoms with van der Waals surface area (Å²) in [6.07, 6.45) is 0.820. The Morgan fingerprint density at radius 2 is 1.90 bits per heavy atom. The molecule has 1 fully saturated rings. The molecule has 0 aliphatic carbocycles. The number of nitro groups is 1. The van der Waals surface area contributed by atoms with Crippen LogP contribution >= 0.6 is 0 Å². The van der Waals surface area contributed by atoms with Gasteiger partial charge in [-0.05, 0) is 26.0 Å². The number of likely N-dealkylation sites (tertiary alicyclic amines) is 1. The van der Waals surface area contributed by atoms with Crippen molar-refractivity contribution in [3.63, 3.8) is 0 Å². The van der Waals surface area contributed by atoms with Crippen LogP contribution in [0.15, 0.2) is 12.1 Å². The summed E-state index contributed by atoms with van der Waals surface area (Å²) in [5.41, 5.74) is -1.37. The number of esters is 1. The normalized spacial score (nSPS) is 16.7. The predicted octanol–water partition coefficient (Wildman–Crippen LogP) is 2.12. The highest BCUT2D eigenvalue weighted by atomic mass is 19.2. The van der Waals surface area contributed by atoms with Gasteiger partial charge in [0.1, 0.15) is 11.7 Å². The van der Waals surface area contributed by atoms with E-state index >= 15 is 0 Å². The van der Waals surface area contributed by atoms with Crippen molar-refractivity contribution in [3.05, 3.63) is 39.4 Å². The van der Waals surface area contributed by atoms with Gasteiger partial charge in [-0.3, -0.25) is 10.1 Å². The minimum Gasteiger partial charge on any atom is -0.458 e. The van der Waals surface area contributed by atoms with Crippen molar-refractivity contribution in [1.29, 1.82) is 0 Å². The van der Waals surface area contributed by atoms with E-state index in [1.807, 2.05) is 7.05 Å². The number of carbonyl (C=O) groups excluding carboxylic acids is 1. The number of benzene rings is 1. The van der Waals surface area contributed by atoms with E-state index in [-0.39, 0.29) is 6.10 Å². The Kier molecular flexibility index (Phi) is 4.46. The van der Waals surface area contributed by atoms with Crippen LogP contribution in [-0.2, 0) is 4.74 Å². The van der Waals surface area contributed by atoms with Crippen LogP contribution in [0, 0.1) is 21.7 Å². The van der Waals surface area contributed by atoms with E-state index in [4.69, 9.17) is 4.74 Å². The standard InChI is InChI=1S/C13H14F2N2O4/c1-16-4-2-8(3-5-16)21-13(18)9-6-10(14)11(15)7-12(9)17(19)20/h6-8H,2-5H2,1H3. The maximum Gasteiger partial charge on any atom is 0.345 e. The molecule has 0 radical (unpaired) electrons. The van der Waals surface area contributed by atoms with Gasteiger partial charge in [0.2, 0.25) is 0 Å². The molecule has 1 aromatic rings. The summed E-state index contributed by atoms with van der Waals surface area (Å²) >= 11 is 0. The molecule has 1 aliphatic rings. The average Bonchev–Trinajstić information content (AvgIpc) is 2.43. The molecule has 1 heterocycles. The molecule has 114 valence electrons. The fourth-order valence-electron chi connectivity index (χ4n) is 2.17. The molecule has 2 rings (SSSR count). The molecular weight excluding hydrogens is 286 g/mol. The Morgan fingerprint density at radius 3 is 2.48 bits per heavy atom. The Balaban J connectivity index is 2.18. The van der Waals surface area contributed by atoms with Gasteiger partial charge in [0, 0.05) is 13.1 Å². The molecular formula is C13H14F2N2O4. The third-order valence-electron chi connectivity index (χ3n) is 3.39. The maximum atomic E-state index is 13.2. The second-order valence-electron chi connectivity index (χ2n) is 4.95. The van der Waals surface area contributed by atoms with E-state index < -0.39 is 33.8 Å². The minimum absolute atomic E-state index is 0.374. The predicted molar refractivity (Wildman–Crippen MR) is 68.9 cm³/mol. The molecule has 0 aromatic heterocycles. The monoisotopic (exact) mass is 300 g/mol. The largest absolute Gasteiger partial charge is 0.458 e. The summed E-state index contributed by atoms with van der Waals surface area (Å²) in [6.45, 7) is 1.47. The Morgan fingerprint density at radius 1 is 1.33 bits per heavy atom. The summed E-state index contributed by atoms with van der Waals surface area (Å²) in [7, 11) is 1.93. The smallest absolute Gasteiger partial charge is 0.345 e. The molecule has 21 heavy (non-hydrogen) atoms. The second-order valence-corrected chi connectivity index (χ2v) is 4.95. The Bertz CT molecular complexity index is 572. The molecule has 8 heteroatoms. The number of carbonyl (C=O) groups is 1. The zero-order valence-corrected chi connectivity index (χ0v) is 11.3. The summed E-state index contributed by atoms with van der Waals surface area (Å²) < 4.78 is 31.4. The number of nitrogens with zero attached hydrogens (tertiary/aromatic N) is 2. The van der Waals surface area contributed by atoms with Gasteiger partial charge in [-0.1, -0.05) is 0 Å². The number of nitro benzene ring substituents is 1. The van der Waals surface area contributed by atoms with E-state index in [2.05, 4.69) is 4.90 Å². The van der Waals surface area contributed by atoms with Gasteiger partial charge in [-0.25, -0.2) is 13.6 Å². The second kappa shape index (κ2) is 6.13. The van der Waals surface area contributed by atoms with Crippen LogP contribution in [0.3, 0.4) is 0 Å². The van der Waals surface area contributed by atoms with Crippen LogP contribution in [0.4, 0.5) is 14.5 Å². The fraction of sp³-hybridized carbons (Fsp3) is 0.462. The molecule has 0 N–H and O–H groups in total. The number of hydrogen-bond donors (Lipinski definition) is 0. The number of rotatable bonds is 3. The zero-order valence-electron chi connectivity index (χ0n) is 11.3. The lowest BCUT2D eigenvalue weighted by atomic mass is 10.1. The van der Waals surface area contributed by atoms with Crippen molar-refractivity contribution in [1.82, 2.24) is 4.90 Å². The quantitative estimate of drug-likeness (QED) is 0.486. The summed E-state index contributed by atoms with van der Waals surface area (Å²) in [5, 5.41) is 10.8.